The van der Waals surface area contributed by atoms with Gasteiger partial charge >= 0.3 is 0 Å². The van der Waals surface area contributed by atoms with Gasteiger partial charge in [-0.15, -0.1) is 11.3 Å². The van der Waals surface area contributed by atoms with Crippen LogP contribution >= 0.6 is 11.3 Å². The average Bonchev–Trinajstić information content (AvgIpc) is 3.18. The van der Waals surface area contributed by atoms with E-state index in [-0.39, 0.29) is 12.5 Å². The van der Waals surface area contributed by atoms with Gasteiger partial charge in [-0.3, -0.25) is 4.79 Å². The van der Waals surface area contributed by atoms with Crippen molar-refractivity contribution in [2.24, 2.45) is 0 Å². The number of rotatable bonds is 6. The van der Waals surface area contributed by atoms with E-state index in [0.29, 0.717) is 0 Å². The molecule has 0 aliphatic carbocycles. The number of benzene rings is 3. The number of fused-ring (bicyclic) bond motifs is 1. The highest BCUT2D eigenvalue weighted by Crippen LogP contribution is 2.30. The Morgan fingerprint density at radius 2 is 1.43 bits per heavy atom. The summed E-state index contributed by atoms with van der Waals surface area (Å²) < 4.78 is 1.13. The molecule has 1 heterocycles. The van der Waals surface area contributed by atoms with Gasteiger partial charge in [-0.05, 0) is 28.0 Å². The third-order valence-electron chi connectivity index (χ3n) is 4.87. The molecular formula is C24H21NO2S. The summed E-state index contributed by atoms with van der Waals surface area (Å²) in [6.45, 7) is 0.176. The summed E-state index contributed by atoms with van der Waals surface area (Å²) in [5.41, 5.74) is 2.72. The lowest BCUT2D eigenvalue weighted by atomic mass is 9.90. The van der Waals surface area contributed by atoms with Gasteiger partial charge in [-0.2, -0.15) is 0 Å². The van der Waals surface area contributed by atoms with Crippen molar-refractivity contribution in [3.05, 3.63) is 107 Å². The Balaban J connectivity index is 1.53. The first-order valence-electron chi connectivity index (χ1n) is 9.26. The molecule has 0 radical (unpaired) electrons. The average molecular weight is 388 g/mol. The van der Waals surface area contributed by atoms with Crippen molar-refractivity contribution < 1.29 is 9.90 Å². The van der Waals surface area contributed by atoms with Crippen molar-refractivity contribution in [1.29, 1.82) is 0 Å². The lowest BCUT2D eigenvalue weighted by Crippen LogP contribution is -2.33. The summed E-state index contributed by atoms with van der Waals surface area (Å²) >= 11 is 1.60. The molecule has 2 N–H and O–H groups in total. The second kappa shape index (κ2) is 8.38. The van der Waals surface area contributed by atoms with Crippen LogP contribution in [0.1, 0.15) is 28.7 Å². The largest absolute Gasteiger partial charge is 0.387 e. The van der Waals surface area contributed by atoms with Crippen LogP contribution in [0, 0.1) is 0 Å². The highest BCUT2D eigenvalue weighted by Gasteiger charge is 2.23. The van der Waals surface area contributed by atoms with Crippen LogP contribution in [-0.2, 0) is 4.79 Å². The van der Waals surface area contributed by atoms with Crippen LogP contribution in [0.25, 0.3) is 10.1 Å². The second-order valence-corrected chi connectivity index (χ2v) is 7.61. The minimum absolute atomic E-state index is 0.115. The molecule has 0 unspecified atom stereocenters. The number of nitrogens with one attached hydrogen (secondary N) is 1. The maximum Gasteiger partial charge on any atom is 0.232 e. The van der Waals surface area contributed by atoms with Gasteiger partial charge in [0.25, 0.3) is 0 Å². The molecular weight excluding hydrogens is 366 g/mol. The molecule has 0 fully saturated rings. The molecule has 0 saturated carbocycles. The lowest BCUT2D eigenvalue weighted by molar-refractivity contribution is -0.122. The minimum atomic E-state index is -0.743. The molecule has 28 heavy (non-hydrogen) atoms. The molecule has 3 nitrogen and oxygen atoms in total. The van der Waals surface area contributed by atoms with E-state index in [0.717, 1.165) is 26.8 Å². The second-order valence-electron chi connectivity index (χ2n) is 6.70. The summed E-state index contributed by atoms with van der Waals surface area (Å²) in [5, 5.41) is 16.6. The van der Waals surface area contributed by atoms with E-state index in [1.54, 1.807) is 11.3 Å². The van der Waals surface area contributed by atoms with Gasteiger partial charge in [-0.25, -0.2) is 0 Å². The fourth-order valence-electron chi connectivity index (χ4n) is 3.45. The number of aliphatic hydroxyl groups is 1. The monoisotopic (exact) mass is 387 g/mol. The van der Waals surface area contributed by atoms with Crippen LogP contribution in [0.5, 0.6) is 0 Å². The fourth-order valence-corrected chi connectivity index (χ4v) is 4.46. The Kier molecular flexibility index (Phi) is 5.51. The van der Waals surface area contributed by atoms with Crippen LogP contribution in [-0.4, -0.2) is 17.6 Å². The Labute approximate surface area is 168 Å². The van der Waals surface area contributed by atoms with Crippen LogP contribution in [0.2, 0.25) is 0 Å². The number of hydrogen-bond donors (Lipinski definition) is 2. The van der Waals surface area contributed by atoms with E-state index in [2.05, 4.69) is 5.32 Å². The zero-order chi connectivity index (χ0) is 19.3. The van der Waals surface area contributed by atoms with Gasteiger partial charge in [0, 0.05) is 16.8 Å². The summed E-state index contributed by atoms with van der Waals surface area (Å²) in [4.78, 5) is 13.1. The molecule has 1 atom stereocenters. The van der Waals surface area contributed by atoms with E-state index in [4.69, 9.17) is 0 Å². The van der Waals surface area contributed by atoms with E-state index in [1.807, 2.05) is 90.3 Å². The molecule has 140 valence electrons. The van der Waals surface area contributed by atoms with Crippen LogP contribution in [0.4, 0.5) is 0 Å². The zero-order valence-electron chi connectivity index (χ0n) is 15.3. The van der Waals surface area contributed by atoms with Crippen molar-refractivity contribution >= 4 is 27.3 Å². The van der Waals surface area contributed by atoms with Crippen LogP contribution in [0.15, 0.2) is 90.3 Å². The zero-order valence-corrected chi connectivity index (χ0v) is 16.1. The van der Waals surface area contributed by atoms with Gasteiger partial charge in [0.2, 0.25) is 5.91 Å². The first kappa shape index (κ1) is 18.4. The molecule has 0 aliphatic rings. The van der Waals surface area contributed by atoms with Gasteiger partial charge < -0.3 is 10.4 Å². The fraction of sp³-hybridized carbons (Fsp3) is 0.125. The van der Waals surface area contributed by atoms with Crippen molar-refractivity contribution in [2.75, 3.05) is 6.54 Å². The van der Waals surface area contributed by atoms with E-state index < -0.39 is 12.0 Å². The van der Waals surface area contributed by atoms with Gasteiger partial charge in [0.05, 0.1) is 12.0 Å². The predicted molar refractivity (Wildman–Crippen MR) is 115 cm³/mol. The number of thiophene rings is 1. The molecule has 0 bridgehead atoms. The molecule has 0 spiro atoms. The maximum absolute atomic E-state index is 13.1. The molecule has 1 aromatic heterocycles. The third-order valence-corrected chi connectivity index (χ3v) is 5.85. The summed E-state index contributed by atoms with van der Waals surface area (Å²) in [6, 6.07) is 27.4. The van der Waals surface area contributed by atoms with E-state index in [9.17, 15) is 9.90 Å². The van der Waals surface area contributed by atoms with Gasteiger partial charge in [0.15, 0.2) is 0 Å². The summed E-state index contributed by atoms with van der Waals surface area (Å²) in [7, 11) is 0. The van der Waals surface area contributed by atoms with E-state index in [1.165, 1.54) is 0 Å². The molecule has 0 aliphatic heterocycles. The number of carbonyl (C=O) groups excluding carboxylic acids is 1. The summed E-state index contributed by atoms with van der Waals surface area (Å²) in [6.07, 6.45) is -0.743. The normalized spacial score (nSPS) is 12.2. The number of carbonyl (C=O) groups is 1. The smallest absolute Gasteiger partial charge is 0.232 e. The summed E-state index contributed by atoms with van der Waals surface area (Å²) in [5.74, 6) is -0.523. The van der Waals surface area contributed by atoms with E-state index >= 15 is 0 Å². The highest BCUT2D eigenvalue weighted by atomic mass is 32.1. The number of hydrogen-bond acceptors (Lipinski definition) is 3. The van der Waals surface area contributed by atoms with Crippen LogP contribution in [0.3, 0.4) is 0 Å². The molecule has 0 saturated heterocycles. The van der Waals surface area contributed by atoms with Gasteiger partial charge in [-0.1, -0.05) is 78.9 Å². The Bertz CT molecular complexity index is 1020. The molecule has 4 heteroatoms. The third kappa shape index (κ3) is 3.84. The SMILES string of the molecule is O=C(NC[C@@H](O)c1csc2ccccc12)C(c1ccccc1)c1ccccc1. The Morgan fingerprint density at radius 3 is 2.07 bits per heavy atom. The van der Waals surface area contributed by atoms with Gasteiger partial charge in [0.1, 0.15) is 0 Å². The quantitative estimate of drug-likeness (QED) is 0.495. The first-order valence-corrected chi connectivity index (χ1v) is 10.1. The molecule has 3 aromatic carbocycles. The minimum Gasteiger partial charge on any atom is -0.387 e. The maximum atomic E-state index is 13.1. The Hall–Kier alpha value is -2.95. The predicted octanol–water partition coefficient (Wildman–Crippen LogP) is 4.88. The lowest BCUT2D eigenvalue weighted by Gasteiger charge is -2.19. The van der Waals surface area contributed by atoms with Crippen LogP contribution < -0.4 is 5.32 Å². The van der Waals surface area contributed by atoms with Crippen molar-refractivity contribution in [2.45, 2.75) is 12.0 Å². The van der Waals surface area contributed by atoms with Crippen molar-refractivity contribution in [3.63, 3.8) is 0 Å². The standard InChI is InChI=1S/C24H21NO2S/c26-21(20-16-28-22-14-8-7-13-19(20)22)15-25-24(27)23(17-9-3-1-4-10-17)18-11-5-2-6-12-18/h1-14,16,21,23,26H,15H2,(H,25,27)/t21-/m1/s1. The first-order chi connectivity index (χ1) is 13.7. The topological polar surface area (TPSA) is 49.3 Å². The van der Waals surface area contributed by atoms with Crippen molar-refractivity contribution in [1.82, 2.24) is 5.32 Å². The molecule has 1 amide bonds. The number of amides is 1. The molecule has 4 aromatic rings. The van der Waals surface area contributed by atoms with Crippen molar-refractivity contribution in [3.8, 4) is 0 Å². The number of aliphatic hydroxyl groups excluding tert-OH is 1. The Morgan fingerprint density at radius 1 is 0.857 bits per heavy atom. The molecule has 4 rings (SSSR count). The highest BCUT2D eigenvalue weighted by molar-refractivity contribution is 7.17.